The molecule has 1 atom stereocenters. The van der Waals surface area contributed by atoms with Crippen LogP contribution in [0.1, 0.15) is 50.7 Å². The molecule has 1 aliphatic rings. The van der Waals surface area contributed by atoms with Gasteiger partial charge in [0.2, 0.25) is 11.8 Å². The van der Waals surface area contributed by atoms with Crippen molar-refractivity contribution in [3.05, 3.63) is 88.9 Å². The van der Waals surface area contributed by atoms with Crippen molar-refractivity contribution in [2.75, 3.05) is 17.5 Å². The Morgan fingerprint density at radius 2 is 1.60 bits per heavy atom. The van der Waals surface area contributed by atoms with E-state index < -0.39 is 28.5 Å². The highest BCUT2D eigenvalue weighted by atomic mass is 35.5. The number of hydrogen-bond donors (Lipinski definition) is 1. The zero-order valence-electron chi connectivity index (χ0n) is 24.3. The van der Waals surface area contributed by atoms with Gasteiger partial charge in [-0.15, -0.1) is 0 Å². The van der Waals surface area contributed by atoms with Crippen molar-refractivity contribution in [3.63, 3.8) is 0 Å². The number of hydrogen-bond acceptors (Lipinski definition) is 5. The molecule has 1 fully saturated rings. The number of halogens is 1. The molecule has 3 aromatic carbocycles. The molecule has 4 rings (SSSR count). The molecular weight excluding hydrogens is 574 g/mol. The van der Waals surface area contributed by atoms with Crippen LogP contribution in [0.5, 0.6) is 5.75 Å². The summed E-state index contributed by atoms with van der Waals surface area (Å²) in [5.74, 6) is -0.179. The minimum absolute atomic E-state index is 0.00862. The lowest BCUT2D eigenvalue weighted by Crippen LogP contribution is -2.52. The van der Waals surface area contributed by atoms with Gasteiger partial charge in [0.25, 0.3) is 10.0 Å². The van der Waals surface area contributed by atoms with Crippen LogP contribution < -0.4 is 14.4 Å². The topological polar surface area (TPSA) is 96.0 Å². The third kappa shape index (κ3) is 7.83. The molecule has 10 heteroatoms. The predicted molar refractivity (Wildman–Crippen MR) is 165 cm³/mol. The number of nitrogens with zero attached hydrogens (tertiary/aromatic N) is 2. The second-order valence-electron chi connectivity index (χ2n) is 10.6. The van der Waals surface area contributed by atoms with E-state index in [1.807, 2.05) is 38.1 Å². The first kappa shape index (κ1) is 31.4. The molecule has 0 unspecified atom stereocenters. The van der Waals surface area contributed by atoms with Gasteiger partial charge in [0, 0.05) is 17.6 Å². The molecule has 1 saturated carbocycles. The van der Waals surface area contributed by atoms with Crippen molar-refractivity contribution in [3.8, 4) is 5.75 Å². The van der Waals surface area contributed by atoms with Gasteiger partial charge in [-0.3, -0.25) is 13.9 Å². The van der Waals surface area contributed by atoms with Crippen LogP contribution in [0.4, 0.5) is 5.69 Å². The average Bonchev–Trinajstić information content (AvgIpc) is 3.49. The van der Waals surface area contributed by atoms with E-state index in [4.69, 9.17) is 16.3 Å². The SMILES string of the molecule is CCOc1ccc(N(CC(=O)N(Cc2ccc(C)cc2)[C@H](C)C(=O)NC2CCCC2)S(=O)(=O)c2ccc(Cl)cc2)cc1. The highest BCUT2D eigenvalue weighted by Crippen LogP contribution is 2.27. The van der Waals surface area contributed by atoms with Gasteiger partial charge in [0.05, 0.1) is 17.2 Å². The molecule has 0 radical (unpaired) electrons. The van der Waals surface area contributed by atoms with E-state index in [0.29, 0.717) is 23.1 Å². The van der Waals surface area contributed by atoms with E-state index in [0.717, 1.165) is 41.1 Å². The van der Waals surface area contributed by atoms with Gasteiger partial charge in [-0.05, 0) is 87.7 Å². The third-order valence-corrected chi connectivity index (χ3v) is 9.50. The summed E-state index contributed by atoms with van der Waals surface area (Å²) in [7, 11) is -4.18. The Balaban J connectivity index is 1.68. The standard InChI is InChI=1S/C32H38ClN3O5S/c1-4-41-29-17-15-28(16-18-29)36(42(39,40)30-19-13-26(33)14-20-30)22-31(37)35(21-25-11-9-23(2)10-12-25)24(3)32(38)34-27-7-5-6-8-27/h9-20,24,27H,4-8,21-22H2,1-3H3,(H,34,38)/t24-/m1/s1. The zero-order valence-corrected chi connectivity index (χ0v) is 25.8. The lowest BCUT2D eigenvalue weighted by atomic mass is 10.1. The van der Waals surface area contributed by atoms with Crippen LogP contribution in [0.25, 0.3) is 0 Å². The number of nitrogens with one attached hydrogen (secondary N) is 1. The first-order valence-electron chi connectivity index (χ1n) is 14.2. The maximum atomic E-state index is 14.1. The van der Waals surface area contributed by atoms with Crippen molar-refractivity contribution in [1.29, 1.82) is 0 Å². The van der Waals surface area contributed by atoms with Crippen LogP contribution in [-0.2, 0) is 26.2 Å². The summed E-state index contributed by atoms with van der Waals surface area (Å²) in [4.78, 5) is 28.9. The smallest absolute Gasteiger partial charge is 0.264 e. The quantitative estimate of drug-likeness (QED) is 0.283. The van der Waals surface area contributed by atoms with Crippen LogP contribution in [0.3, 0.4) is 0 Å². The second-order valence-corrected chi connectivity index (χ2v) is 12.9. The maximum Gasteiger partial charge on any atom is 0.264 e. The number of aryl methyl sites for hydroxylation is 1. The van der Waals surface area contributed by atoms with E-state index in [2.05, 4.69) is 5.32 Å². The molecule has 8 nitrogen and oxygen atoms in total. The molecule has 0 spiro atoms. The van der Waals surface area contributed by atoms with Crippen molar-refractivity contribution in [2.45, 2.75) is 70.0 Å². The van der Waals surface area contributed by atoms with Crippen LogP contribution in [-0.4, -0.2) is 50.4 Å². The van der Waals surface area contributed by atoms with E-state index in [1.165, 1.54) is 29.2 Å². The zero-order chi connectivity index (χ0) is 30.3. The van der Waals surface area contributed by atoms with Crippen LogP contribution in [0, 0.1) is 6.92 Å². The van der Waals surface area contributed by atoms with E-state index >= 15 is 0 Å². The number of sulfonamides is 1. The van der Waals surface area contributed by atoms with Gasteiger partial charge in [-0.25, -0.2) is 8.42 Å². The highest BCUT2D eigenvalue weighted by molar-refractivity contribution is 7.92. The Hall–Kier alpha value is -3.56. The first-order chi connectivity index (χ1) is 20.1. The van der Waals surface area contributed by atoms with Gasteiger partial charge >= 0.3 is 0 Å². The first-order valence-corrected chi connectivity index (χ1v) is 16.1. The predicted octanol–water partition coefficient (Wildman–Crippen LogP) is 5.72. The van der Waals surface area contributed by atoms with Crippen molar-refractivity contribution in [2.24, 2.45) is 0 Å². The Bertz CT molecular complexity index is 1460. The molecule has 0 aliphatic heterocycles. The Morgan fingerprint density at radius 3 is 2.19 bits per heavy atom. The second kappa shape index (κ2) is 14.1. The third-order valence-electron chi connectivity index (χ3n) is 7.46. The molecule has 0 aromatic heterocycles. The van der Waals surface area contributed by atoms with Crippen molar-refractivity contribution < 1.29 is 22.7 Å². The molecule has 224 valence electrons. The molecule has 42 heavy (non-hydrogen) atoms. The molecule has 1 aliphatic carbocycles. The molecular formula is C32H38ClN3O5S. The molecule has 1 N–H and O–H groups in total. The minimum Gasteiger partial charge on any atom is -0.494 e. The van der Waals surface area contributed by atoms with Gasteiger partial charge in [0.15, 0.2) is 0 Å². The summed E-state index contributed by atoms with van der Waals surface area (Å²) in [5.41, 5.74) is 2.20. The normalized spacial score (nSPS) is 14.3. The number of benzene rings is 3. The van der Waals surface area contributed by atoms with E-state index in [-0.39, 0.29) is 23.4 Å². The van der Waals surface area contributed by atoms with Crippen LogP contribution >= 0.6 is 11.6 Å². The fourth-order valence-electron chi connectivity index (χ4n) is 5.00. The molecule has 3 aromatic rings. The Morgan fingerprint density at radius 1 is 0.976 bits per heavy atom. The summed E-state index contributed by atoms with van der Waals surface area (Å²) in [6.07, 6.45) is 3.94. The van der Waals surface area contributed by atoms with Gasteiger partial charge < -0.3 is 15.0 Å². The van der Waals surface area contributed by atoms with Gasteiger partial charge in [-0.1, -0.05) is 54.3 Å². The Labute approximate surface area is 253 Å². The van der Waals surface area contributed by atoms with Crippen LogP contribution in [0.2, 0.25) is 5.02 Å². The Kier molecular flexibility index (Phi) is 10.5. The fraction of sp³-hybridized carbons (Fsp3) is 0.375. The fourth-order valence-corrected chi connectivity index (χ4v) is 6.54. The lowest BCUT2D eigenvalue weighted by molar-refractivity contribution is -0.139. The number of amides is 2. The number of anilines is 1. The molecule has 0 saturated heterocycles. The summed E-state index contributed by atoms with van der Waals surface area (Å²) in [6.45, 7) is 5.62. The molecule has 2 amide bonds. The summed E-state index contributed by atoms with van der Waals surface area (Å²) < 4.78 is 34.5. The summed E-state index contributed by atoms with van der Waals surface area (Å²) in [6, 6.07) is 19.3. The van der Waals surface area contributed by atoms with Crippen molar-refractivity contribution >= 4 is 39.1 Å². The minimum atomic E-state index is -4.18. The average molecular weight is 612 g/mol. The monoisotopic (exact) mass is 611 g/mol. The molecule has 0 bridgehead atoms. The largest absolute Gasteiger partial charge is 0.494 e. The number of ether oxygens (including phenoxy) is 1. The van der Waals surface area contributed by atoms with E-state index in [9.17, 15) is 18.0 Å². The lowest BCUT2D eigenvalue weighted by Gasteiger charge is -2.32. The number of carbonyl (C=O) groups is 2. The molecule has 0 heterocycles. The van der Waals surface area contributed by atoms with Gasteiger partial charge in [-0.2, -0.15) is 0 Å². The highest BCUT2D eigenvalue weighted by Gasteiger charge is 2.33. The number of carbonyl (C=O) groups excluding carboxylic acids is 2. The maximum absolute atomic E-state index is 14.1. The van der Waals surface area contributed by atoms with Gasteiger partial charge in [0.1, 0.15) is 18.3 Å². The summed E-state index contributed by atoms with van der Waals surface area (Å²) in [5, 5.41) is 3.47. The van der Waals surface area contributed by atoms with E-state index in [1.54, 1.807) is 31.2 Å². The van der Waals surface area contributed by atoms with Crippen molar-refractivity contribution in [1.82, 2.24) is 10.2 Å². The number of rotatable bonds is 12. The van der Waals surface area contributed by atoms with Crippen LogP contribution in [0.15, 0.2) is 77.7 Å². The summed E-state index contributed by atoms with van der Waals surface area (Å²) >= 11 is 6.02.